The van der Waals surface area contributed by atoms with Gasteiger partial charge in [-0.1, -0.05) is 55.4 Å². The summed E-state index contributed by atoms with van der Waals surface area (Å²) >= 11 is 1.48. The molecule has 19 heavy (non-hydrogen) atoms. The van der Waals surface area contributed by atoms with Crippen molar-refractivity contribution in [3.05, 3.63) is 59.8 Å². The third kappa shape index (κ3) is 4.21. The normalized spacial score (nSPS) is 10.4. The standard InChI is InChI=1S/C16H17NOS/c1-2-5-13-7-9-14(10-8-13)15(18)12-19-16-6-3-4-11-17-16/h3-4,6-11H,2,5,12H2,1H3. The van der Waals surface area contributed by atoms with Gasteiger partial charge in [-0.25, -0.2) is 4.98 Å². The Morgan fingerprint density at radius 3 is 2.58 bits per heavy atom. The molecule has 0 aliphatic heterocycles. The molecule has 0 atom stereocenters. The van der Waals surface area contributed by atoms with E-state index in [-0.39, 0.29) is 5.78 Å². The van der Waals surface area contributed by atoms with Crippen LogP contribution in [0.5, 0.6) is 0 Å². The first kappa shape index (κ1) is 13.8. The van der Waals surface area contributed by atoms with Crippen molar-refractivity contribution in [1.29, 1.82) is 0 Å². The summed E-state index contributed by atoms with van der Waals surface area (Å²) in [6.45, 7) is 2.16. The highest BCUT2D eigenvalue weighted by Gasteiger charge is 2.06. The first-order valence-electron chi connectivity index (χ1n) is 6.45. The van der Waals surface area contributed by atoms with Crippen LogP contribution in [0.25, 0.3) is 0 Å². The SMILES string of the molecule is CCCc1ccc(C(=O)CSc2ccccn2)cc1. The highest BCUT2D eigenvalue weighted by atomic mass is 32.2. The maximum absolute atomic E-state index is 12.0. The van der Waals surface area contributed by atoms with Gasteiger partial charge in [0, 0.05) is 11.8 Å². The number of rotatable bonds is 6. The topological polar surface area (TPSA) is 30.0 Å². The lowest BCUT2D eigenvalue weighted by Crippen LogP contribution is -2.02. The molecular formula is C16H17NOS. The first-order chi connectivity index (χ1) is 9.29. The maximum atomic E-state index is 12.0. The molecule has 0 amide bonds. The Hall–Kier alpha value is -1.61. The van der Waals surface area contributed by atoms with E-state index in [2.05, 4.69) is 11.9 Å². The summed E-state index contributed by atoms with van der Waals surface area (Å²) < 4.78 is 0. The summed E-state index contributed by atoms with van der Waals surface area (Å²) in [6.07, 6.45) is 3.94. The number of hydrogen-bond acceptors (Lipinski definition) is 3. The summed E-state index contributed by atoms with van der Waals surface area (Å²) in [5.74, 6) is 0.586. The zero-order chi connectivity index (χ0) is 13.5. The molecule has 2 aromatic rings. The second-order valence-corrected chi connectivity index (χ2v) is 5.32. The highest BCUT2D eigenvalue weighted by molar-refractivity contribution is 7.99. The van der Waals surface area contributed by atoms with Gasteiger partial charge in [0.2, 0.25) is 0 Å². The third-order valence-corrected chi connectivity index (χ3v) is 3.75. The van der Waals surface area contributed by atoms with Gasteiger partial charge in [-0.2, -0.15) is 0 Å². The van der Waals surface area contributed by atoms with Crippen molar-refractivity contribution in [1.82, 2.24) is 4.98 Å². The molecule has 3 heteroatoms. The summed E-state index contributed by atoms with van der Waals surface area (Å²) in [5.41, 5.74) is 2.07. The Bertz CT molecular complexity index is 522. The average Bonchev–Trinajstić information content (AvgIpc) is 2.47. The predicted octanol–water partition coefficient (Wildman–Crippen LogP) is 4.01. The van der Waals surface area contributed by atoms with Crippen molar-refractivity contribution < 1.29 is 4.79 Å². The second kappa shape index (κ2) is 7.10. The highest BCUT2D eigenvalue weighted by Crippen LogP contribution is 2.16. The van der Waals surface area contributed by atoms with Crippen LogP contribution in [-0.4, -0.2) is 16.5 Å². The fourth-order valence-electron chi connectivity index (χ4n) is 1.80. The van der Waals surface area contributed by atoms with E-state index in [0.29, 0.717) is 5.75 Å². The van der Waals surface area contributed by atoms with Gasteiger partial charge in [-0.15, -0.1) is 0 Å². The number of pyridine rings is 1. The van der Waals surface area contributed by atoms with E-state index in [9.17, 15) is 4.79 Å². The Morgan fingerprint density at radius 2 is 1.95 bits per heavy atom. The lowest BCUT2D eigenvalue weighted by Gasteiger charge is -2.03. The molecule has 2 rings (SSSR count). The van der Waals surface area contributed by atoms with Gasteiger partial charge in [-0.3, -0.25) is 4.79 Å². The molecule has 0 aliphatic carbocycles. The number of aromatic nitrogens is 1. The molecule has 0 spiro atoms. The Balaban J connectivity index is 1.92. The summed E-state index contributed by atoms with van der Waals surface area (Å²) in [5, 5.41) is 0.887. The molecule has 98 valence electrons. The molecular weight excluding hydrogens is 254 g/mol. The van der Waals surface area contributed by atoms with Crippen LogP contribution in [0.3, 0.4) is 0 Å². The molecule has 0 N–H and O–H groups in total. The molecule has 1 aromatic carbocycles. The van der Waals surface area contributed by atoms with Crippen LogP contribution in [0.15, 0.2) is 53.7 Å². The van der Waals surface area contributed by atoms with E-state index < -0.39 is 0 Å². The van der Waals surface area contributed by atoms with Gasteiger partial charge in [0.15, 0.2) is 5.78 Å². The smallest absolute Gasteiger partial charge is 0.173 e. The van der Waals surface area contributed by atoms with Crippen LogP contribution >= 0.6 is 11.8 Å². The van der Waals surface area contributed by atoms with Crippen molar-refractivity contribution in [3.63, 3.8) is 0 Å². The van der Waals surface area contributed by atoms with Crippen LogP contribution < -0.4 is 0 Å². The van der Waals surface area contributed by atoms with Crippen LogP contribution in [0.1, 0.15) is 29.3 Å². The van der Waals surface area contributed by atoms with Gasteiger partial charge in [0.05, 0.1) is 10.8 Å². The number of carbonyl (C=O) groups is 1. The molecule has 0 fully saturated rings. The number of nitrogens with zero attached hydrogens (tertiary/aromatic N) is 1. The monoisotopic (exact) mass is 271 g/mol. The van der Waals surface area contributed by atoms with Crippen molar-refractivity contribution in [2.24, 2.45) is 0 Å². The Morgan fingerprint density at radius 1 is 1.16 bits per heavy atom. The minimum Gasteiger partial charge on any atom is -0.293 e. The lowest BCUT2D eigenvalue weighted by molar-refractivity contribution is 0.102. The molecule has 0 radical (unpaired) electrons. The molecule has 2 nitrogen and oxygen atoms in total. The zero-order valence-corrected chi connectivity index (χ0v) is 11.8. The summed E-state index contributed by atoms with van der Waals surface area (Å²) in [4.78, 5) is 16.2. The van der Waals surface area contributed by atoms with Crippen LogP contribution in [0.2, 0.25) is 0 Å². The number of benzene rings is 1. The van der Waals surface area contributed by atoms with Gasteiger partial charge in [0.25, 0.3) is 0 Å². The van der Waals surface area contributed by atoms with E-state index in [1.54, 1.807) is 6.20 Å². The van der Waals surface area contributed by atoms with Gasteiger partial charge in [0.1, 0.15) is 0 Å². The second-order valence-electron chi connectivity index (χ2n) is 4.33. The number of Topliss-reactive ketones (excluding diaryl/α,β-unsaturated/α-hetero) is 1. The molecule has 0 saturated carbocycles. The van der Waals surface area contributed by atoms with E-state index in [4.69, 9.17) is 0 Å². The van der Waals surface area contributed by atoms with Crippen molar-refractivity contribution >= 4 is 17.5 Å². The fourth-order valence-corrected chi connectivity index (χ4v) is 2.56. The summed E-state index contributed by atoms with van der Waals surface area (Å²) in [7, 11) is 0. The molecule has 0 saturated heterocycles. The van der Waals surface area contributed by atoms with Crippen LogP contribution in [-0.2, 0) is 6.42 Å². The quantitative estimate of drug-likeness (QED) is 0.587. The van der Waals surface area contributed by atoms with E-state index in [1.807, 2.05) is 42.5 Å². The van der Waals surface area contributed by atoms with E-state index in [0.717, 1.165) is 23.4 Å². The third-order valence-electron chi connectivity index (χ3n) is 2.80. The van der Waals surface area contributed by atoms with Crippen molar-refractivity contribution in [2.45, 2.75) is 24.8 Å². The van der Waals surface area contributed by atoms with Crippen molar-refractivity contribution in [2.75, 3.05) is 5.75 Å². The molecule has 1 aromatic heterocycles. The minimum absolute atomic E-state index is 0.152. The molecule has 0 bridgehead atoms. The average molecular weight is 271 g/mol. The Labute approximate surface area is 118 Å². The van der Waals surface area contributed by atoms with Gasteiger partial charge in [-0.05, 0) is 24.1 Å². The largest absolute Gasteiger partial charge is 0.293 e. The first-order valence-corrected chi connectivity index (χ1v) is 7.44. The maximum Gasteiger partial charge on any atom is 0.173 e. The lowest BCUT2D eigenvalue weighted by atomic mass is 10.1. The predicted molar refractivity (Wildman–Crippen MR) is 79.7 cm³/mol. The number of aryl methyl sites for hydroxylation is 1. The number of carbonyl (C=O) groups excluding carboxylic acids is 1. The molecule has 1 heterocycles. The zero-order valence-electron chi connectivity index (χ0n) is 11.0. The van der Waals surface area contributed by atoms with E-state index >= 15 is 0 Å². The number of thioether (sulfide) groups is 1. The Kier molecular flexibility index (Phi) is 5.16. The fraction of sp³-hybridized carbons (Fsp3) is 0.250. The molecule has 0 aliphatic rings. The number of hydrogen-bond donors (Lipinski definition) is 0. The van der Waals surface area contributed by atoms with Gasteiger partial charge >= 0.3 is 0 Å². The van der Waals surface area contributed by atoms with Crippen molar-refractivity contribution in [3.8, 4) is 0 Å². The summed E-state index contributed by atoms with van der Waals surface area (Å²) in [6, 6.07) is 13.7. The number of ketones is 1. The van der Waals surface area contributed by atoms with Gasteiger partial charge < -0.3 is 0 Å². The van der Waals surface area contributed by atoms with Crippen LogP contribution in [0, 0.1) is 0 Å². The van der Waals surface area contributed by atoms with E-state index in [1.165, 1.54) is 17.3 Å². The minimum atomic E-state index is 0.152. The van der Waals surface area contributed by atoms with Crippen LogP contribution in [0.4, 0.5) is 0 Å². The molecule has 0 unspecified atom stereocenters.